The van der Waals surface area contributed by atoms with Crippen molar-refractivity contribution in [2.75, 3.05) is 0 Å². The van der Waals surface area contributed by atoms with Gasteiger partial charge in [0, 0.05) is 6.42 Å². The maximum absolute atomic E-state index is 13.6. The normalized spacial score (nSPS) is 15.4. The molecule has 1 N–H and O–H groups in total. The molecule has 0 spiro atoms. The highest BCUT2D eigenvalue weighted by Crippen LogP contribution is 2.58. The summed E-state index contributed by atoms with van der Waals surface area (Å²) in [5.74, 6) is -28.4. The lowest BCUT2D eigenvalue weighted by Gasteiger charge is -2.37. The molecule has 1 unspecified atom stereocenters. The Kier molecular flexibility index (Phi) is 5.79. The number of halogens is 11. The molecule has 0 aliphatic heterocycles. The molecule has 27 heavy (non-hydrogen) atoms. The molecule has 0 amide bonds. The molecule has 1 rings (SSSR count). The lowest BCUT2D eigenvalue weighted by atomic mass is 9.91. The molecule has 1 aromatic carbocycles. The van der Waals surface area contributed by atoms with Crippen molar-refractivity contribution in [3.63, 3.8) is 0 Å². The highest BCUT2D eigenvalue weighted by molar-refractivity contribution is 5.38. The van der Waals surface area contributed by atoms with Crippen LogP contribution in [0.5, 0.6) is 0 Å². The SMILES string of the molecule is N#Cc1ccccc1C(O)CC(F)(F)C(F)(F)C(F)(F)C(F)(F)C(F)(F)F. The van der Waals surface area contributed by atoms with E-state index in [1.54, 1.807) is 0 Å². The number of nitriles is 1. The predicted octanol–water partition coefficient (Wildman–Crippen LogP) is 5.09. The molecule has 0 aliphatic carbocycles. The average Bonchev–Trinajstić information content (AvgIpc) is 2.52. The van der Waals surface area contributed by atoms with E-state index in [9.17, 15) is 53.4 Å². The van der Waals surface area contributed by atoms with Gasteiger partial charge in [-0.1, -0.05) is 18.2 Å². The van der Waals surface area contributed by atoms with E-state index in [0.29, 0.717) is 0 Å². The fourth-order valence-corrected chi connectivity index (χ4v) is 1.98. The summed E-state index contributed by atoms with van der Waals surface area (Å²) in [7, 11) is 0. The summed E-state index contributed by atoms with van der Waals surface area (Å²) in [6, 6.07) is 5.29. The van der Waals surface area contributed by atoms with Gasteiger partial charge >= 0.3 is 29.9 Å². The number of hydrogen-bond acceptors (Lipinski definition) is 2. The van der Waals surface area contributed by atoms with E-state index in [1.807, 2.05) is 0 Å². The summed E-state index contributed by atoms with van der Waals surface area (Å²) >= 11 is 0. The van der Waals surface area contributed by atoms with Gasteiger partial charge in [0.2, 0.25) is 0 Å². The van der Waals surface area contributed by atoms with Crippen LogP contribution in [0.2, 0.25) is 0 Å². The van der Waals surface area contributed by atoms with Gasteiger partial charge in [0.25, 0.3) is 0 Å². The van der Waals surface area contributed by atoms with Gasteiger partial charge in [0.1, 0.15) is 0 Å². The summed E-state index contributed by atoms with van der Waals surface area (Å²) in [5.41, 5.74) is -1.27. The first kappa shape index (κ1) is 22.9. The summed E-state index contributed by atoms with van der Waals surface area (Å²) in [4.78, 5) is 0. The van der Waals surface area contributed by atoms with Gasteiger partial charge in [-0.3, -0.25) is 0 Å². The highest BCUT2D eigenvalue weighted by Gasteiger charge is 2.87. The van der Waals surface area contributed by atoms with E-state index >= 15 is 0 Å². The first-order valence-corrected chi connectivity index (χ1v) is 6.69. The van der Waals surface area contributed by atoms with E-state index in [-0.39, 0.29) is 0 Å². The molecule has 0 bridgehead atoms. The monoisotopic (exact) mass is 415 g/mol. The van der Waals surface area contributed by atoms with Crippen LogP contribution in [0.25, 0.3) is 0 Å². The minimum atomic E-state index is -7.53. The van der Waals surface area contributed by atoms with Crippen molar-refractivity contribution in [1.29, 1.82) is 5.26 Å². The number of aliphatic hydroxyl groups is 1. The van der Waals surface area contributed by atoms with Gasteiger partial charge in [-0.15, -0.1) is 0 Å². The second-order valence-electron chi connectivity index (χ2n) is 5.34. The molecule has 0 saturated carbocycles. The molecule has 0 fully saturated rings. The largest absolute Gasteiger partial charge is 0.460 e. The van der Waals surface area contributed by atoms with Gasteiger partial charge in [0.15, 0.2) is 0 Å². The van der Waals surface area contributed by atoms with Crippen LogP contribution in [0.1, 0.15) is 23.7 Å². The third kappa shape index (κ3) is 3.67. The van der Waals surface area contributed by atoms with Crippen molar-refractivity contribution in [3.05, 3.63) is 35.4 Å². The standard InChI is InChI=1S/C14H8F11NO/c15-10(16,5-9(27)8-4-2-1-3-7(8)6-26)11(17,18)12(19,20)13(21,22)14(23,24)25/h1-4,9,27H,5H2. The molecule has 152 valence electrons. The lowest BCUT2D eigenvalue weighted by molar-refractivity contribution is -0.423. The molecule has 0 aromatic heterocycles. The van der Waals surface area contributed by atoms with Gasteiger partial charge in [-0.25, -0.2) is 0 Å². The molecular weight excluding hydrogens is 407 g/mol. The van der Waals surface area contributed by atoms with Crippen LogP contribution in [-0.4, -0.2) is 35.0 Å². The van der Waals surface area contributed by atoms with E-state index in [1.165, 1.54) is 12.1 Å². The zero-order valence-corrected chi connectivity index (χ0v) is 12.6. The van der Waals surface area contributed by atoms with E-state index < -0.39 is 53.5 Å². The third-order valence-electron chi connectivity index (χ3n) is 3.49. The predicted molar refractivity (Wildman–Crippen MR) is 66.6 cm³/mol. The fourth-order valence-electron chi connectivity index (χ4n) is 1.98. The Morgan fingerprint density at radius 3 is 1.74 bits per heavy atom. The van der Waals surface area contributed by atoms with Gasteiger partial charge in [-0.2, -0.15) is 53.6 Å². The molecule has 0 heterocycles. The minimum Gasteiger partial charge on any atom is -0.388 e. The Morgan fingerprint density at radius 2 is 1.30 bits per heavy atom. The molecule has 1 atom stereocenters. The highest BCUT2D eigenvalue weighted by atomic mass is 19.4. The van der Waals surface area contributed by atoms with Crippen LogP contribution >= 0.6 is 0 Å². The average molecular weight is 415 g/mol. The number of nitrogens with zero attached hydrogens (tertiary/aromatic N) is 1. The molecule has 2 nitrogen and oxygen atoms in total. The van der Waals surface area contributed by atoms with Crippen LogP contribution in [0.4, 0.5) is 48.3 Å². The Balaban J connectivity index is 3.30. The first-order chi connectivity index (χ1) is 11.9. The zero-order valence-electron chi connectivity index (χ0n) is 12.6. The quantitative estimate of drug-likeness (QED) is 0.659. The van der Waals surface area contributed by atoms with Crippen molar-refractivity contribution < 1.29 is 53.4 Å². The number of alkyl halides is 11. The minimum absolute atomic E-state index is 0.531. The van der Waals surface area contributed by atoms with Gasteiger partial charge in [0.05, 0.1) is 17.7 Å². The second kappa shape index (κ2) is 6.81. The van der Waals surface area contributed by atoms with Crippen LogP contribution in [0.15, 0.2) is 24.3 Å². The van der Waals surface area contributed by atoms with Gasteiger partial charge in [-0.05, 0) is 11.6 Å². The van der Waals surface area contributed by atoms with Crippen molar-refractivity contribution >= 4 is 0 Å². The van der Waals surface area contributed by atoms with E-state index in [2.05, 4.69) is 0 Å². The van der Waals surface area contributed by atoms with Crippen molar-refractivity contribution in [3.8, 4) is 6.07 Å². The Hall–Kier alpha value is -2.10. The lowest BCUT2D eigenvalue weighted by Crippen LogP contribution is -2.66. The molecule has 0 radical (unpaired) electrons. The van der Waals surface area contributed by atoms with Crippen LogP contribution in [0, 0.1) is 11.3 Å². The fraction of sp³-hybridized carbons (Fsp3) is 0.500. The molecule has 1 aromatic rings. The van der Waals surface area contributed by atoms with Crippen molar-refractivity contribution in [2.24, 2.45) is 0 Å². The summed E-state index contributed by atoms with van der Waals surface area (Å²) in [5, 5.41) is 18.3. The molecule has 0 aliphatic rings. The second-order valence-corrected chi connectivity index (χ2v) is 5.34. The third-order valence-corrected chi connectivity index (χ3v) is 3.49. The first-order valence-electron chi connectivity index (χ1n) is 6.69. The van der Waals surface area contributed by atoms with E-state index in [0.717, 1.165) is 18.2 Å². The number of aliphatic hydroxyl groups excluding tert-OH is 1. The Labute approximate surface area is 143 Å². The van der Waals surface area contributed by atoms with Crippen LogP contribution in [0.3, 0.4) is 0 Å². The number of rotatable bonds is 6. The number of benzene rings is 1. The van der Waals surface area contributed by atoms with Crippen LogP contribution < -0.4 is 0 Å². The van der Waals surface area contributed by atoms with Gasteiger partial charge < -0.3 is 5.11 Å². The summed E-state index contributed by atoms with van der Waals surface area (Å²) in [6.07, 6.45) is -12.6. The smallest absolute Gasteiger partial charge is 0.388 e. The number of hydrogen-bond donors (Lipinski definition) is 1. The molecule has 0 saturated heterocycles. The summed E-state index contributed by atoms with van der Waals surface area (Å²) < 4.78 is 142. The summed E-state index contributed by atoms with van der Waals surface area (Å²) in [6.45, 7) is 0. The zero-order chi connectivity index (χ0) is 21.5. The topological polar surface area (TPSA) is 44.0 Å². The van der Waals surface area contributed by atoms with Crippen molar-refractivity contribution in [1.82, 2.24) is 0 Å². The van der Waals surface area contributed by atoms with Crippen molar-refractivity contribution in [2.45, 2.75) is 42.4 Å². The molecule has 13 heteroatoms. The maximum Gasteiger partial charge on any atom is 0.460 e. The Bertz CT molecular complexity index is 721. The Morgan fingerprint density at radius 1 is 0.815 bits per heavy atom. The molecular formula is C14H8F11NO. The van der Waals surface area contributed by atoms with E-state index in [4.69, 9.17) is 5.26 Å². The van der Waals surface area contributed by atoms with Crippen LogP contribution in [-0.2, 0) is 0 Å². The maximum atomic E-state index is 13.6.